The molecule has 1 N–H and O–H groups in total. The number of rotatable bonds is 9. The molecule has 0 fully saturated rings. The first-order valence-electron chi connectivity index (χ1n) is 10.5. The molecule has 0 amide bonds. The average molecular weight is 555 g/mol. The van der Waals surface area contributed by atoms with E-state index in [4.69, 9.17) is 32.7 Å². The summed E-state index contributed by atoms with van der Waals surface area (Å²) in [5, 5.41) is 4.79. The Bertz CT molecular complexity index is 1120. The van der Waals surface area contributed by atoms with Crippen LogP contribution in [0.5, 0.6) is 0 Å². The third-order valence-electron chi connectivity index (χ3n) is 5.20. The third-order valence-corrected chi connectivity index (χ3v) is 6.25. The third kappa shape index (κ3) is 5.90. The van der Waals surface area contributed by atoms with Gasteiger partial charge in [0.25, 0.3) is 0 Å². The molecule has 9 heteroatoms. The molecule has 1 unspecified atom stereocenters. The number of hydrogen-bond acceptors (Lipinski definition) is 5. The van der Waals surface area contributed by atoms with Crippen LogP contribution < -0.4 is 5.32 Å². The van der Waals surface area contributed by atoms with Crippen LogP contribution in [0.4, 0.5) is 5.69 Å². The van der Waals surface area contributed by atoms with E-state index < -0.39 is 12.0 Å². The Balaban J connectivity index is 2.26. The van der Waals surface area contributed by atoms with Crippen molar-refractivity contribution in [2.75, 3.05) is 25.6 Å². The standard InChI is InChI=1S/C24H26BrCl2N3O3/c1-5-33-23(31)21-22(30(24(25)29-21)15(3)13-32-4)20(16-7-10-17(26)11-8-16)28-19-12-18(27)9-6-14(19)2/h6-12,15,20,28H,5,13H2,1-4H3/t15-,20?/m0/s1. The number of ether oxygens (including phenoxy) is 2. The second-order valence-corrected chi connectivity index (χ2v) is 9.18. The molecular formula is C24H26BrCl2N3O3. The van der Waals surface area contributed by atoms with Gasteiger partial charge in [0.15, 0.2) is 10.4 Å². The molecule has 3 rings (SSSR count). The first-order valence-corrected chi connectivity index (χ1v) is 12.0. The van der Waals surface area contributed by atoms with E-state index in [1.807, 2.05) is 60.9 Å². The second-order valence-electron chi connectivity index (χ2n) is 7.60. The molecule has 2 atom stereocenters. The summed E-state index contributed by atoms with van der Waals surface area (Å²) in [4.78, 5) is 17.5. The number of nitrogens with one attached hydrogen (secondary N) is 1. The quantitative estimate of drug-likeness (QED) is 0.293. The molecule has 0 bridgehead atoms. The lowest BCUT2D eigenvalue weighted by molar-refractivity contribution is 0.0518. The van der Waals surface area contributed by atoms with Crippen molar-refractivity contribution in [3.8, 4) is 0 Å². The van der Waals surface area contributed by atoms with Gasteiger partial charge in [-0.25, -0.2) is 9.78 Å². The number of imidazole rings is 1. The molecule has 0 saturated carbocycles. The molecule has 0 spiro atoms. The summed E-state index contributed by atoms with van der Waals surface area (Å²) in [5.74, 6) is -0.500. The SMILES string of the molecule is CCOC(=O)c1nc(Br)n([C@@H](C)COC)c1C(Nc1cc(Cl)ccc1C)c1ccc(Cl)cc1. The summed E-state index contributed by atoms with van der Waals surface area (Å²) in [5.41, 5.74) is 3.60. The molecule has 2 aromatic carbocycles. The number of carbonyl (C=O) groups excluding carboxylic acids is 1. The van der Waals surface area contributed by atoms with Gasteiger partial charge in [0.2, 0.25) is 0 Å². The van der Waals surface area contributed by atoms with Crippen LogP contribution in [0, 0.1) is 6.92 Å². The fourth-order valence-electron chi connectivity index (χ4n) is 3.65. The van der Waals surface area contributed by atoms with E-state index in [1.165, 1.54) is 0 Å². The Morgan fingerprint density at radius 1 is 1.18 bits per heavy atom. The van der Waals surface area contributed by atoms with Gasteiger partial charge in [0.05, 0.1) is 31.0 Å². The molecule has 1 aromatic heterocycles. The Morgan fingerprint density at radius 3 is 2.48 bits per heavy atom. The Kier molecular flexibility index (Phi) is 8.82. The molecule has 0 aliphatic heterocycles. The van der Waals surface area contributed by atoms with Gasteiger partial charge in [-0.15, -0.1) is 0 Å². The van der Waals surface area contributed by atoms with Gasteiger partial charge in [-0.1, -0.05) is 41.4 Å². The van der Waals surface area contributed by atoms with E-state index in [0.717, 1.165) is 16.8 Å². The van der Waals surface area contributed by atoms with Crippen LogP contribution >= 0.6 is 39.1 Å². The molecule has 1 heterocycles. The number of aryl methyl sites for hydroxylation is 1. The van der Waals surface area contributed by atoms with E-state index in [9.17, 15) is 4.79 Å². The molecule has 0 aliphatic carbocycles. The number of nitrogens with zero attached hydrogens (tertiary/aromatic N) is 2. The molecule has 33 heavy (non-hydrogen) atoms. The van der Waals surface area contributed by atoms with E-state index in [0.29, 0.717) is 27.1 Å². The zero-order chi connectivity index (χ0) is 24.1. The molecule has 0 radical (unpaired) electrons. The van der Waals surface area contributed by atoms with Crippen molar-refractivity contribution in [3.05, 3.63) is 79.8 Å². The lowest BCUT2D eigenvalue weighted by atomic mass is 10.00. The van der Waals surface area contributed by atoms with Crippen LogP contribution in [0.3, 0.4) is 0 Å². The highest BCUT2D eigenvalue weighted by atomic mass is 79.9. The van der Waals surface area contributed by atoms with Gasteiger partial charge in [-0.3, -0.25) is 0 Å². The minimum absolute atomic E-state index is 0.118. The number of hydrogen-bond donors (Lipinski definition) is 1. The Morgan fingerprint density at radius 2 is 1.85 bits per heavy atom. The minimum Gasteiger partial charge on any atom is -0.461 e. The highest BCUT2D eigenvalue weighted by molar-refractivity contribution is 9.10. The van der Waals surface area contributed by atoms with Gasteiger partial charge in [0.1, 0.15) is 0 Å². The predicted octanol–water partition coefficient (Wildman–Crippen LogP) is 6.85. The Hall–Kier alpha value is -2.06. The maximum Gasteiger partial charge on any atom is 0.358 e. The number of anilines is 1. The number of benzene rings is 2. The molecule has 0 aliphatic rings. The maximum atomic E-state index is 13.0. The van der Waals surface area contributed by atoms with Gasteiger partial charge >= 0.3 is 5.97 Å². The minimum atomic E-state index is -0.500. The predicted molar refractivity (Wildman–Crippen MR) is 136 cm³/mol. The molecule has 176 valence electrons. The first-order chi connectivity index (χ1) is 15.8. The lowest BCUT2D eigenvalue weighted by Gasteiger charge is -2.26. The van der Waals surface area contributed by atoms with E-state index in [-0.39, 0.29) is 18.3 Å². The molecule has 3 aromatic rings. The maximum absolute atomic E-state index is 13.0. The zero-order valence-electron chi connectivity index (χ0n) is 18.9. The van der Waals surface area contributed by atoms with Crippen molar-refractivity contribution in [2.45, 2.75) is 32.9 Å². The molecular weight excluding hydrogens is 529 g/mol. The normalized spacial score (nSPS) is 12.9. The number of halogens is 3. The van der Waals surface area contributed by atoms with Crippen LogP contribution in [-0.2, 0) is 9.47 Å². The van der Waals surface area contributed by atoms with Crippen molar-refractivity contribution in [2.24, 2.45) is 0 Å². The summed E-state index contributed by atoms with van der Waals surface area (Å²) in [7, 11) is 1.64. The van der Waals surface area contributed by atoms with E-state index in [1.54, 1.807) is 14.0 Å². The van der Waals surface area contributed by atoms with Gasteiger partial charge < -0.3 is 19.4 Å². The van der Waals surface area contributed by atoms with Crippen LogP contribution in [0.15, 0.2) is 47.2 Å². The lowest BCUT2D eigenvalue weighted by Crippen LogP contribution is -2.24. The second kappa shape index (κ2) is 11.4. The summed E-state index contributed by atoms with van der Waals surface area (Å²) in [6.45, 7) is 6.42. The van der Waals surface area contributed by atoms with Crippen molar-refractivity contribution >= 4 is 50.8 Å². The topological polar surface area (TPSA) is 65.4 Å². The highest BCUT2D eigenvalue weighted by Gasteiger charge is 2.32. The van der Waals surface area contributed by atoms with Gasteiger partial charge in [0, 0.05) is 22.8 Å². The average Bonchev–Trinajstić information content (AvgIpc) is 3.12. The number of methoxy groups -OCH3 is 1. The van der Waals surface area contributed by atoms with Crippen molar-refractivity contribution in [1.82, 2.24) is 9.55 Å². The van der Waals surface area contributed by atoms with Crippen LogP contribution in [0.1, 0.15) is 53.2 Å². The van der Waals surface area contributed by atoms with Crippen LogP contribution in [-0.4, -0.2) is 35.8 Å². The van der Waals surface area contributed by atoms with E-state index >= 15 is 0 Å². The van der Waals surface area contributed by atoms with Gasteiger partial charge in [-0.2, -0.15) is 0 Å². The van der Waals surface area contributed by atoms with Crippen molar-refractivity contribution in [3.63, 3.8) is 0 Å². The Labute approximate surface area is 212 Å². The number of esters is 1. The first kappa shape index (κ1) is 25.6. The monoisotopic (exact) mass is 553 g/mol. The summed E-state index contributed by atoms with van der Waals surface area (Å²) < 4.78 is 13.2. The van der Waals surface area contributed by atoms with E-state index in [2.05, 4.69) is 26.2 Å². The van der Waals surface area contributed by atoms with Gasteiger partial charge in [-0.05, 0) is 72.1 Å². The zero-order valence-corrected chi connectivity index (χ0v) is 22.0. The number of aromatic nitrogens is 2. The van der Waals surface area contributed by atoms with Crippen LogP contribution in [0.2, 0.25) is 10.0 Å². The summed E-state index contributed by atoms with van der Waals surface area (Å²) in [6, 6.07) is 12.5. The summed E-state index contributed by atoms with van der Waals surface area (Å²) in [6.07, 6.45) is 0. The highest BCUT2D eigenvalue weighted by Crippen LogP contribution is 2.36. The molecule has 0 saturated heterocycles. The molecule has 6 nitrogen and oxygen atoms in total. The largest absolute Gasteiger partial charge is 0.461 e. The summed E-state index contributed by atoms with van der Waals surface area (Å²) >= 11 is 16.0. The van der Waals surface area contributed by atoms with Crippen molar-refractivity contribution < 1.29 is 14.3 Å². The number of carbonyl (C=O) groups is 1. The fourth-order valence-corrected chi connectivity index (χ4v) is 4.66. The van der Waals surface area contributed by atoms with Crippen LogP contribution in [0.25, 0.3) is 0 Å². The smallest absolute Gasteiger partial charge is 0.358 e. The van der Waals surface area contributed by atoms with Crippen molar-refractivity contribution in [1.29, 1.82) is 0 Å². The fraction of sp³-hybridized carbons (Fsp3) is 0.333.